The second kappa shape index (κ2) is 6.67. The van der Waals surface area contributed by atoms with E-state index in [1.165, 1.54) is 0 Å². The molecule has 26 heavy (non-hydrogen) atoms. The largest absolute Gasteiger partial charge is 0.458 e. The smallest absolute Gasteiger partial charge is 0.334 e. The monoisotopic (exact) mass is 362 g/mol. The lowest BCUT2D eigenvalue weighted by Gasteiger charge is -2.45. The molecule has 3 rings (SSSR count). The maximum absolute atomic E-state index is 12.0. The van der Waals surface area contributed by atoms with Crippen LogP contribution in [0.1, 0.15) is 33.6 Å². The minimum atomic E-state index is -1.02. The third-order valence-electron chi connectivity index (χ3n) is 6.43. The lowest BCUT2D eigenvalue weighted by molar-refractivity contribution is -0.140. The second-order valence-electron chi connectivity index (χ2n) is 7.65. The van der Waals surface area contributed by atoms with Crippen molar-refractivity contribution in [2.24, 2.45) is 17.3 Å². The van der Waals surface area contributed by atoms with E-state index in [1.54, 1.807) is 26.0 Å². The molecule has 6 atom stereocenters. The number of carbonyl (C=O) groups excluding carboxylic acids is 2. The van der Waals surface area contributed by atoms with E-state index >= 15 is 0 Å². The topological polar surface area (TPSA) is 93.1 Å². The van der Waals surface area contributed by atoms with Crippen molar-refractivity contribution < 1.29 is 29.3 Å². The molecule has 1 heterocycles. The van der Waals surface area contributed by atoms with Gasteiger partial charge in [0, 0.05) is 22.5 Å². The molecule has 6 nitrogen and oxygen atoms in total. The van der Waals surface area contributed by atoms with Gasteiger partial charge in [0.05, 0.1) is 12.2 Å². The highest BCUT2D eigenvalue weighted by molar-refractivity contribution is 5.91. The zero-order valence-electron chi connectivity index (χ0n) is 15.4. The first kappa shape index (κ1) is 18.9. The average Bonchev–Trinajstić information content (AvgIpc) is 3.11. The quantitative estimate of drug-likeness (QED) is 0.451. The van der Waals surface area contributed by atoms with E-state index in [4.69, 9.17) is 9.47 Å². The first-order valence-corrected chi connectivity index (χ1v) is 8.98. The molecule has 2 N–H and O–H groups in total. The van der Waals surface area contributed by atoms with Gasteiger partial charge in [-0.05, 0) is 38.2 Å². The molecule has 1 aliphatic heterocycles. The van der Waals surface area contributed by atoms with Crippen LogP contribution in [0.25, 0.3) is 0 Å². The van der Waals surface area contributed by atoms with Crippen LogP contribution in [-0.2, 0) is 19.1 Å². The standard InChI is InChI=1S/C20H26O6/c1-5-10(2)18(23)25-9-13-6-15(21)17(22)12(4)20(13)7-14-11(3)19(24)26-16(14)8-20/h5-6,12,14-17,21-22H,3,7-9H2,1-2,4H3. The summed E-state index contributed by atoms with van der Waals surface area (Å²) in [5.74, 6) is -1.15. The van der Waals surface area contributed by atoms with E-state index < -0.39 is 23.6 Å². The number of rotatable bonds is 3. The molecular weight excluding hydrogens is 336 g/mol. The van der Waals surface area contributed by atoms with Gasteiger partial charge in [-0.25, -0.2) is 9.59 Å². The number of fused-ring (bicyclic) bond motifs is 1. The third kappa shape index (κ3) is 2.81. The van der Waals surface area contributed by atoms with E-state index in [0.717, 1.165) is 5.57 Å². The molecule has 142 valence electrons. The normalized spacial score (nSPS) is 39.7. The fourth-order valence-electron chi connectivity index (χ4n) is 4.53. The van der Waals surface area contributed by atoms with Crippen LogP contribution in [0.4, 0.5) is 0 Å². The number of ether oxygens (including phenoxy) is 2. The Bertz CT molecular complexity index is 705. The fourth-order valence-corrected chi connectivity index (χ4v) is 4.53. The van der Waals surface area contributed by atoms with Crippen LogP contribution in [0.15, 0.2) is 35.5 Å². The number of aliphatic hydroxyl groups is 2. The minimum Gasteiger partial charge on any atom is -0.458 e. The van der Waals surface area contributed by atoms with E-state index in [-0.39, 0.29) is 30.5 Å². The molecule has 6 heteroatoms. The molecule has 0 amide bonds. The van der Waals surface area contributed by atoms with E-state index in [2.05, 4.69) is 6.58 Å². The first-order chi connectivity index (χ1) is 12.2. The minimum absolute atomic E-state index is 0.0397. The number of carbonyl (C=O) groups is 2. The highest BCUT2D eigenvalue weighted by Crippen LogP contribution is 2.59. The Morgan fingerprint density at radius 3 is 2.77 bits per heavy atom. The van der Waals surface area contributed by atoms with Crippen LogP contribution >= 0.6 is 0 Å². The molecule has 6 unspecified atom stereocenters. The lowest BCUT2D eigenvalue weighted by atomic mass is 9.62. The molecule has 1 spiro atoms. The van der Waals surface area contributed by atoms with Gasteiger partial charge in [0.25, 0.3) is 0 Å². The summed E-state index contributed by atoms with van der Waals surface area (Å²) in [6, 6.07) is 0. The molecule has 1 saturated heterocycles. The summed E-state index contributed by atoms with van der Waals surface area (Å²) in [6.45, 7) is 9.21. The number of hydrogen-bond acceptors (Lipinski definition) is 6. The van der Waals surface area contributed by atoms with Crippen molar-refractivity contribution in [3.63, 3.8) is 0 Å². The van der Waals surface area contributed by atoms with Crippen molar-refractivity contribution in [1.29, 1.82) is 0 Å². The van der Waals surface area contributed by atoms with Crippen LogP contribution in [0.2, 0.25) is 0 Å². The highest BCUT2D eigenvalue weighted by atomic mass is 16.6. The summed E-state index contributed by atoms with van der Waals surface area (Å²) in [6.07, 6.45) is 2.16. The van der Waals surface area contributed by atoms with Gasteiger partial charge in [-0.2, -0.15) is 0 Å². The summed E-state index contributed by atoms with van der Waals surface area (Å²) in [5, 5.41) is 20.6. The van der Waals surface area contributed by atoms with Crippen molar-refractivity contribution in [3.8, 4) is 0 Å². The van der Waals surface area contributed by atoms with Gasteiger partial charge in [0.1, 0.15) is 12.7 Å². The molecule has 0 aromatic rings. The number of hydrogen-bond donors (Lipinski definition) is 2. The fraction of sp³-hybridized carbons (Fsp3) is 0.600. The molecule has 2 aliphatic carbocycles. The van der Waals surface area contributed by atoms with Crippen molar-refractivity contribution in [3.05, 3.63) is 35.5 Å². The molecule has 0 bridgehead atoms. The Morgan fingerprint density at radius 2 is 2.15 bits per heavy atom. The van der Waals surface area contributed by atoms with Gasteiger partial charge in [-0.15, -0.1) is 0 Å². The molecular formula is C20H26O6. The molecule has 0 aromatic heterocycles. The summed E-state index contributed by atoms with van der Waals surface area (Å²) in [7, 11) is 0. The van der Waals surface area contributed by atoms with Gasteiger partial charge in [0.15, 0.2) is 0 Å². The molecule has 1 saturated carbocycles. The SMILES string of the molecule is C=C1C(=O)OC2CC3(CC12)C(COC(=O)C(C)=CC)=CC(O)C(O)C3C. The van der Waals surface area contributed by atoms with Crippen molar-refractivity contribution in [2.45, 2.75) is 51.9 Å². The van der Waals surface area contributed by atoms with Crippen molar-refractivity contribution >= 4 is 11.9 Å². The Balaban J connectivity index is 1.88. The maximum Gasteiger partial charge on any atom is 0.334 e. The van der Waals surface area contributed by atoms with Gasteiger partial charge in [-0.3, -0.25) is 0 Å². The maximum atomic E-state index is 12.0. The number of allylic oxidation sites excluding steroid dienone is 1. The summed E-state index contributed by atoms with van der Waals surface area (Å²) < 4.78 is 10.9. The van der Waals surface area contributed by atoms with E-state index in [1.807, 2.05) is 6.92 Å². The Hall–Kier alpha value is -1.92. The molecule has 2 fully saturated rings. The van der Waals surface area contributed by atoms with Crippen LogP contribution in [-0.4, -0.2) is 47.1 Å². The van der Waals surface area contributed by atoms with Gasteiger partial charge >= 0.3 is 11.9 Å². The van der Waals surface area contributed by atoms with Crippen LogP contribution in [0.5, 0.6) is 0 Å². The summed E-state index contributed by atoms with van der Waals surface area (Å²) in [5.41, 5.74) is 1.25. The summed E-state index contributed by atoms with van der Waals surface area (Å²) >= 11 is 0. The Kier molecular flexibility index (Phi) is 4.84. The van der Waals surface area contributed by atoms with Crippen LogP contribution in [0, 0.1) is 17.3 Å². The third-order valence-corrected chi connectivity index (χ3v) is 6.43. The Morgan fingerprint density at radius 1 is 1.46 bits per heavy atom. The van der Waals surface area contributed by atoms with Gasteiger partial charge < -0.3 is 19.7 Å². The van der Waals surface area contributed by atoms with E-state index in [9.17, 15) is 19.8 Å². The summed E-state index contributed by atoms with van der Waals surface area (Å²) in [4.78, 5) is 23.8. The van der Waals surface area contributed by atoms with Crippen LogP contribution in [0.3, 0.4) is 0 Å². The van der Waals surface area contributed by atoms with Crippen molar-refractivity contribution in [2.75, 3.05) is 6.61 Å². The average molecular weight is 362 g/mol. The van der Waals surface area contributed by atoms with Gasteiger partial charge in [-0.1, -0.05) is 25.7 Å². The number of esters is 2. The zero-order chi connectivity index (χ0) is 19.2. The molecule has 3 aliphatic rings. The van der Waals surface area contributed by atoms with E-state index in [0.29, 0.717) is 24.0 Å². The predicted molar refractivity (Wildman–Crippen MR) is 93.8 cm³/mol. The zero-order valence-corrected chi connectivity index (χ0v) is 15.4. The number of aliphatic hydroxyl groups excluding tert-OH is 2. The first-order valence-electron chi connectivity index (χ1n) is 8.98. The lowest BCUT2D eigenvalue weighted by Crippen LogP contribution is -2.47. The predicted octanol–water partition coefficient (Wildman–Crippen LogP) is 1.67. The molecule has 0 radical (unpaired) electrons. The van der Waals surface area contributed by atoms with Crippen LogP contribution < -0.4 is 0 Å². The molecule has 0 aromatic carbocycles. The highest BCUT2D eigenvalue weighted by Gasteiger charge is 2.59. The van der Waals surface area contributed by atoms with Gasteiger partial charge in [0.2, 0.25) is 0 Å². The van der Waals surface area contributed by atoms with Crippen molar-refractivity contribution in [1.82, 2.24) is 0 Å². The Labute approximate surface area is 153 Å². The second-order valence-corrected chi connectivity index (χ2v) is 7.65.